The van der Waals surface area contributed by atoms with Gasteiger partial charge in [-0.05, 0) is 30.3 Å². The summed E-state index contributed by atoms with van der Waals surface area (Å²) >= 11 is 5.19. The Morgan fingerprint density at radius 2 is 1.89 bits per heavy atom. The third-order valence-corrected chi connectivity index (χ3v) is 14.1. The van der Waals surface area contributed by atoms with Crippen LogP contribution in [0.3, 0.4) is 0 Å². The van der Waals surface area contributed by atoms with Crippen molar-refractivity contribution in [2.75, 3.05) is 43.7 Å². The van der Waals surface area contributed by atoms with Crippen LogP contribution < -0.4 is 11.3 Å². The van der Waals surface area contributed by atoms with E-state index in [-0.39, 0.29) is 59.1 Å². The molecular formula is C27H43N4O16P3S4. The van der Waals surface area contributed by atoms with Crippen LogP contribution in [0.5, 0.6) is 0 Å². The number of carbonyl (C=O) groups is 1. The van der Waals surface area contributed by atoms with Crippen LogP contribution in [-0.2, 0) is 71.2 Å². The highest BCUT2D eigenvalue weighted by Gasteiger charge is 2.44. The lowest BCUT2D eigenvalue weighted by Crippen LogP contribution is -2.29. The molecule has 27 heteroatoms. The number of phosphoric ester groups is 1. The molecule has 3 heterocycles. The number of nitrogen functional groups attached to an aromatic ring is 1. The molecule has 1 fully saturated rings. The maximum atomic E-state index is 13.0. The molecule has 20 nitrogen and oxygen atoms in total. The van der Waals surface area contributed by atoms with Crippen molar-refractivity contribution in [3.05, 3.63) is 22.1 Å². The molecule has 2 aromatic heterocycles. The molecule has 1 aliphatic heterocycles. The summed E-state index contributed by atoms with van der Waals surface area (Å²) in [7, 11) is -14.1. The Bertz CT molecular complexity index is 1890. The van der Waals surface area contributed by atoms with Gasteiger partial charge >= 0.3 is 29.4 Å². The first-order valence-corrected chi connectivity index (χ1v) is 25.4. The molecule has 54 heavy (non-hydrogen) atoms. The number of ether oxygens (including phenoxy) is 4. The van der Waals surface area contributed by atoms with Gasteiger partial charge in [-0.1, -0.05) is 63.7 Å². The normalized spacial score (nSPS) is 20.6. The number of aromatic amines is 1. The molecule has 1 aliphatic rings. The van der Waals surface area contributed by atoms with Crippen LogP contribution >= 0.6 is 45.1 Å². The predicted molar refractivity (Wildman–Crippen MR) is 206 cm³/mol. The number of anilines is 1. The van der Waals surface area contributed by atoms with E-state index in [1.54, 1.807) is 27.8 Å². The number of hydrogen-bond donors (Lipinski definition) is 6. The summed E-state index contributed by atoms with van der Waals surface area (Å²) in [6.07, 6.45) is 1.80. The second kappa shape index (κ2) is 21.0. The summed E-state index contributed by atoms with van der Waals surface area (Å²) in [6, 6.07) is 0. The number of unbranched alkanes of at least 4 members (excludes halogenated alkanes) is 1. The number of aromatic nitrogens is 3. The molecule has 0 saturated carbocycles. The highest BCUT2D eigenvalue weighted by Crippen LogP contribution is 2.66. The first kappa shape index (κ1) is 47.2. The summed E-state index contributed by atoms with van der Waals surface area (Å²) in [5, 5.41) is 0.0651. The lowest BCUT2D eigenvalue weighted by Gasteiger charge is -2.21. The molecule has 306 valence electrons. The zero-order chi connectivity index (χ0) is 40.3. The largest absolute Gasteiger partial charge is 0.490 e. The fourth-order valence-electron chi connectivity index (χ4n) is 4.52. The number of nitrogens with two attached hydrogens (primary N) is 1. The van der Waals surface area contributed by atoms with Crippen molar-refractivity contribution in [3.8, 4) is 11.8 Å². The van der Waals surface area contributed by atoms with Crippen molar-refractivity contribution >= 4 is 88.6 Å². The Morgan fingerprint density at radius 3 is 2.56 bits per heavy atom. The molecule has 0 radical (unpaired) electrons. The monoisotopic (exact) mass is 900 g/mol. The van der Waals surface area contributed by atoms with E-state index in [0.717, 1.165) is 6.42 Å². The molecule has 0 amide bonds. The SMILES string of the molecule is CS(=S)CO[C@H]1C[C@H](n2cc(C#CCCC(=O)OCCCCOCSSC(C)(C)C)c3c(=O)[nH]c(N)nc32)O[C@@H]1COP(=O)(O)OP(=O)(O)OP(=O)(O)O. The Balaban J connectivity index is 1.65. The van der Waals surface area contributed by atoms with Crippen molar-refractivity contribution in [1.29, 1.82) is 0 Å². The van der Waals surface area contributed by atoms with Gasteiger partial charge in [-0.15, -0.1) is 0 Å². The fourth-order valence-corrected chi connectivity index (χ4v) is 10.1. The predicted octanol–water partition coefficient (Wildman–Crippen LogP) is 3.60. The smallest absolute Gasteiger partial charge is 0.466 e. The molecular weight excluding hydrogens is 857 g/mol. The van der Waals surface area contributed by atoms with Crippen molar-refractivity contribution < 1.29 is 70.2 Å². The van der Waals surface area contributed by atoms with Crippen LogP contribution in [0.25, 0.3) is 11.0 Å². The lowest BCUT2D eigenvalue weighted by atomic mass is 10.2. The number of nitrogens with zero attached hydrogens (tertiary/aromatic N) is 2. The first-order valence-electron chi connectivity index (χ1n) is 15.8. The van der Waals surface area contributed by atoms with Crippen LogP contribution in [-0.4, -0.2) is 95.0 Å². The van der Waals surface area contributed by atoms with Crippen LogP contribution in [0.15, 0.2) is 11.0 Å². The Labute approximate surface area is 325 Å². The van der Waals surface area contributed by atoms with Crippen LogP contribution in [0.2, 0.25) is 0 Å². The molecule has 7 N–H and O–H groups in total. The number of rotatable bonds is 21. The maximum Gasteiger partial charge on any atom is 0.490 e. The quantitative estimate of drug-likeness (QED) is 0.0260. The lowest BCUT2D eigenvalue weighted by molar-refractivity contribution is -0.143. The summed E-state index contributed by atoms with van der Waals surface area (Å²) in [5.41, 5.74) is 5.53. The van der Waals surface area contributed by atoms with Gasteiger partial charge in [0.15, 0.2) is 5.65 Å². The van der Waals surface area contributed by atoms with Crippen LogP contribution in [0.4, 0.5) is 5.95 Å². The average Bonchev–Trinajstić information content (AvgIpc) is 3.59. The van der Waals surface area contributed by atoms with Gasteiger partial charge in [0.2, 0.25) is 5.95 Å². The maximum absolute atomic E-state index is 13.0. The molecule has 0 bridgehead atoms. The van der Waals surface area contributed by atoms with E-state index in [4.69, 9.17) is 50.2 Å². The van der Waals surface area contributed by atoms with Gasteiger partial charge in [0.05, 0.1) is 42.6 Å². The van der Waals surface area contributed by atoms with Gasteiger partial charge in [0.25, 0.3) is 5.56 Å². The van der Waals surface area contributed by atoms with E-state index in [1.807, 2.05) is 0 Å². The first-order chi connectivity index (χ1) is 25.0. The van der Waals surface area contributed by atoms with Gasteiger partial charge in [-0.25, -0.2) is 13.7 Å². The number of fused-ring (bicyclic) bond motifs is 1. The second-order valence-corrected chi connectivity index (χ2v) is 22.9. The zero-order valence-electron chi connectivity index (χ0n) is 29.5. The third kappa shape index (κ3) is 17.1. The Morgan fingerprint density at radius 1 is 1.19 bits per heavy atom. The summed E-state index contributed by atoms with van der Waals surface area (Å²) in [6.45, 7) is 6.40. The minimum Gasteiger partial charge on any atom is -0.466 e. The minimum absolute atomic E-state index is 0.00827. The Hall–Kier alpha value is -1.19. The topological polar surface area (TPSA) is 291 Å². The van der Waals surface area contributed by atoms with Crippen LogP contribution in [0.1, 0.15) is 64.7 Å². The second-order valence-electron chi connectivity index (χ2n) is 12.3. The van der Waals surface area contributed by atoms with E-state index in [2.05, 4.69) is 51.2 Å². The van der Waals surface area contributed by atoms with E-state index in [0.29, 0.717) is 19.0 Å². The van der Waals surface area contributed by atoms with Gasteiger partial charge < -0.3 is 48.8 Å². The van der Waals surface area contributed by atoms with Gasteiger partial charge in [-0.2, -0.15) is 13.6 Å². The third-order valence-electron chi connectivity index (χ3n) is 6.52. The highest BCUT2D eigenvalue weighted by molar-refractivity contribution is 8.77. The minimum atomic E-state index is -5.75. The number of carbonyl (C=O) groups excluding carboxylic acids is 1. The van der Waals surface area contributed by atoms with Crippen molar-refractivity contribution in [2.24, 2.45) is 0 Å². The standard InChI is InChI=1S/C27H43N4O16P3S4/c1-27(2,3)53-52-16-41-11-7-8-12-42-22(32)10-6-5-9-18-14-31(24-23(18)25(33)30-26(28)29-24)21-13-19(43-17-54(4)51)20(45-21)15-44-49(37,38)47-50(39,40)46-48(34,35)36/h14,19-21H,6-8,10-13,15-17H2,1-4H3,(H,37,38)(H,39,40)(H2,34,35,36)(H3,28,29,30,33)/t19-,20+,21+,54?/m0/s1. The summed E-state index contributed by atoms with van der Waals surface area (Å²) < 4.78 is 71.7. The van der Waals surface area contributed by atoms with Crippen LogP contribution in [0, 0.1) is 11.8 Å². The average molecular weight is 901 g/mol. The van der Waals surface area contributed by atoms with Gasteiger partial charge in [0, 0.05) is 30.4 Å². The molecule has 1 saturated heterocycles. The number of esters is 1. The van der Waals surface area contributed by atoms with Gasteiger partial charge in [-0.3, -0.25) is 19.1 Å². The highest BCUT2D eigenvalue weighted by atomic mass is 33.1. The number of H-pyrrole nitrogens is 1. The van der Waals surface area contributed by atoms with E-state index < -0.39 is 69.5 Å². The van der Waals surface area contributed by atoms with Gasteiger partial charge in [0.1, 0.15) is 18.3 Å². The summed E-state index contributed by atoms with van der Waals surface area (Å²) in [4.78, 5) is 68.8. The molecule has 0 spiro atoms. The zero-order valence-corrected chi connectivity index (χ0v) is 35.5. The number of hydrogen-bond acceptors (Lipinski definition) is 17. The molecule has 3 rings (SSSR count). The molecule has 2 aromatic rings. The number of nitrogens with one attached hydrogen (secondary N) is 1. The van der Waals surface area contributed by atoms with Crippen molar-refractivity contribution in [1.82, 2.24) is 14.5 Å². The van der Waals surface area contributed by atoms with E-state index in [9.17, 15) is 33.1 Å². The summed E-state index contributed by atoms with van der Waals surface area (Å²) in [5.74, 6) is 5.74. The molecule has 0 aliphatic carbocycles. The molecule has 3 unspecified atom stereocenters. The Kier molecular flexibility index (Phi) is 18.3. The molecule has 6 atom stereocenters. The van der Waals surface area contributed by atoms with Crippen molar-refractivity contribution in [3.63, 3.8) is 0 Å². The van der Waals surface area contributed by atoms with E-state index in [1.165, 1.54) is 10.8 Å². The molecule has 0 aromatic carbocycles. The van der Waals surface area contributed by atoms with Crippen molar-refractivity contribution in [2.45, 2.75) is 76.1 Å². The number of phosphoric acid groups is 3. The fraction of sp³-hybridized carbons (Fsp3) is 0.667. The van der Waals surface area contributed by atoms with E-state index >= 15 is 0 Å².